The van der Waals surface area contributed by atoms with Crippen molar-refractivity contribution in [2.75, 3.05) is 24.2 Å². The van der Waals surface area contributed by atoms with Gasteiger partial charge in [0.15, 0.2) is 0 Å². The third-order valence-electron chi connectivity index (χ3n) is 3.29. The number of carboxylic acid groups (broad SMARTS) is 1. The van der Waals surface area contributed by atoms with Crippen LogP contribution in [0.4, 0.5) is 10.5 Å². The van der Waals surface area contributed by atoms with Gasteiger partial charge < -0.3 is 15.3 Å². The first-order valence-electron chi connectivity index (χ1n) is 6.92. The molecule has 0 spiro atoms. The normalized spacial score (nSPS) is 18.3. The maximum absolute atomic E-state index is 12.2. The predicted molar refractivity (Wildman–Crippen MR) is 82.7 cm³/mol. The minimum absolute atomic E-state index is 0.115. The Labute approximate surface area is 127 Å². The number of nitrogens with one attached hydrogen (secondary N) is 1. The fourth-order valence-electron chi connectivity index (χ4n) is 2.11. The number of anilines is 1. The topological polar surface area (TPSA) is 82.5 Å². The maximum Gasteiger partial charge on any atom is 0.321 e. The largest absolute Gasteiger partial charge is 0.481 e. The average molecular weight is 309 g/mol. The van der Waals surface area contributed by atoms with Crippen molar-refractivity contribution < 1.29 is 14.7 Å². The highest BCUT2D eigenvalue weighted by Gasteiger charge is 2.22. The number of nitrogens with zero attached hydrogens (tertiary/aromatic N) is 2. The van der Waals surface area contributed by atoms with Crippen LogP contribution in [0.1, 0.15) is 19.0 Å². The Morgan fingerprint density at radius 2 is 2.33 bits per heavy atom. The Morgan fingerprint density at radius 1 is 1.52 bits per heavy atom. The molecule has 1 saturated heterocycles. The molecule has 6 nitrogen and oxygen atoms in total. The number of pyridine rings is 1. The second-order valence-corrected chi connectivity index (χ2v) is 6.29. The summed E-state index contributed by atoms with van der Waals surface area (Å²) in [6.45, 7) is 3.64. The molecule has 0 bridgehead atoms. The van der Waals surface area contributed by atoms with Gasteiger partial charge in [-0.05, 0) is 18.6 Å². The number of aliphatic carboxylic acids is 1. The van der Waals surface area contributed by atoms with E-state index < -0.39 is 5.97 Å². The van der Waals surface area contributed by atoms with Crippen LogP contribution in [0.3, 0.4) is 0 Å². The summed E-state index contributed by atoms with van der Waals surface area (Å²) in [6, 6.07) is 3.17. The van der Waals surface area contributed by atoms with Crippen molar-refractivity contribution in [1.82, 2.24) is 9.88 Å². The lowest BCUT2D eigenvalue weighted by atomic mass is 10.2. The molecular formula is C14H19N3O3S. The van der Waals surface area contributed by atoms with Crippen LogP contribution in [0.15, 0.2) is 18.3 Å². The van der Waals surface area contributed by atoms with Crippen molar-refractivity contribution in [3.8, 4) is 0 Å². The zero-order valence-corrected chi connectivity index (χ0v) is 12.7. The Hall–Kier alpha value is -1.76. The number of thioether (sulfide) groups is 1. The van der Waals surface area contributed by atoms with Gasteiger partial charge in [-0.3, -0.25) is 9.78 Å². The molecule has 0 saturated carbocycles. The minimum Gasteiger partial charge on any atom is -0.481 e. The second-order valence-electron chi connectivity index (χ2n) is 4.89. The van der Waals surface area contributed by atoms with Gasteiger partial charge >= 0.3 is 12.0 Å². The van der Waals surface area contributed by atoms with Crippen LogP contribution >= 0.6 is 11.8 Å². The van der Waals surface area contributed by atoms with Crippen LogP contribution in [-0.4, -0.2) is 51.1 Å². The summed E-state index contributed by atoms with van der Waals surface area (Å²) < 4.78 is 0. The van der Waals surface area contributed by atoms with Crippen molar-refractivity contribution in [1.29, 1.82) is 0 Å². The van der Waals surface area contributed by atoms with Gasteiger partial charge in [0, 0.05) is 24.1 Å². The summed E-state index contributed by atoms with van der Waals surface area (Å²) >= 11 is 1.91. The molecule has 1 fully saturated rings. The molecule has 1 unspecified atom stereocenters. The molecule has 1 aliphatic heterocycles. The molecule has 2 rings (SSSR count). The number of carbonyl (C=O) groups excluding carboxylic acids is 1. The van der Waals surface area contributed by atoms with E-state index in [0.717, 1.165) is 25.3 Å². The van der Waals surface area contributed by atoms with E-state index in [9.17, 15) is 9.59 Å². The Balaban J connectivity index is 1.91. The van der Waals surface area contributed by atoms with E-state index in [1.165, 1.54) is 6.20 Å². The van der Waals surface area contributed by atoms with E-state index >= 15 is 0 Å². The molecular weight excluding hydrogens is 290 g/mol. The number of carbonyl (C=O) groups is 2. The number of rotatable bonds is 4. The summed E-state index contributed by atoms with van der Waals surface area (Å²) in [4.78, 5) is 28.6. The van der Waals surface area contributed by atoms with Crippen molar-refractivity contribution in [2.45, 2.75) is 25.0 Å². The molecule has 1 atom stereocenters. The quantitative estimate of drug-likeness (QED) is 0.889. The first-order chi connectivity index (χ1) is 10.1. The maximum atomic E-state index is 12.2. The summed E-state index contributed by atoms with van der Waals surface area (Å²) in [5.41, 5.74) is 1.06. The van der Waals surface area contributed by atoms with Crippen molar-refractivity contribution in [3.05, 3.63) is 24.0 Å². The Kier molecular flexibility index (Phi) is 5.44. The lowest BCUT2D eigenvalue weighted by Crippen LogP contribution is -2.43. The van der Waals surface area contributed by atoms with Gasteiger partial charge in [-0.1, -0.05) is 6.92 Å². The summed E-state index contributed by atoms with van der Waals surface area (Å²) in [5.74, 6) is 0.0394. The number of amides is 2. The average Bonchev–Trinajstić information content (AvgIpc) is 2.49. The fourth-order valence-corrected chi connectivity index (χ4v) is 3.29. The van der Waals surface area contributed by atoms with Gasteiger partial charge in [-0.15, -0.1) is 0 Å². The highest BCUT2D eigenvalue weighted by atomic mass is 32.2. The molecule has 114 valence electrons. The van der Waals surface area contributed by atoms with Gasteiger partial charge in [0.25, 0.3) is 0 Å². The molecule has 2 heterocycles. The third kappa shape index (κ3) is 4.63. The number of aromatic nitrogens is 1. The molecule has 1 aromatic rings. The number of urea groups is 1. The first-order valence-corrected chi connectivity index (χ1v) is 7.97. The van der Waals surface area contributed by atoms with E-state index in [0.29, 0.717) is 16.6 Å². The van der Waals surface area contributed by atoms with Gasteiger partial charge in [0.2, 0.25) is 0 Å². The van der Waals surface area contributed by atoms with Gasteiger partial charge in [-0.25, -0.2) is 4.79 Å². The monoisotopic (exact) mass is 309 g/mol. The zero-order chi connectivity index (χ0) is 15.2. The Morgan fingerprint density at radius 3 is 2.95 bits per heavy atom. The van der Waals surface area contributed by atoms with Crippen LogP contribution in [0.25, 0.3) is 0 Å². The number of hydrogen-bond acceptors (Lipinski definition) is 4. The van der Waals surface area contributed by atoms with E-state index in [2.05, 4.69) is 17.2 Å². The van der Waals surface area contributed by atoms with Gasteiger partial charge in [0.1, 0.15) is 0 Å². The van der Waals surface area contributed by atoms with Crippen molar-refractivity contribution in [3.63, 3.8) is 0 Å². The molecule has 21 heavy (non-hydrogen) atoms. The fraction of sp³-hybridized carbons (Fsp3) is 0.500. The molecule has 0 radical (unpaired) electrons. The minimum atomic E-state index is -0.921. The highest BCUT2D eigenvalue weighted by molar-refractivity contribution is 8.00. The molecule has 0 aliphatic carbocycles. The molecule has 7 heteroatoms. The molecule has 0 aromatic carbocycles. The number of carboxylic acids is 1. The highest BCUT2D eigenvalue weighted by Crippen LogP contribution is 2.21. The smallest absolute Gasteiger partial charge is 0.321 e. The van der Waals surface area contributed by atoms with E-state index in [1.807, 2.05) is 16.7 Å². The van der Waals surface area contributed by atoms with Crippen molar-refractivity contribution >= 4 is 29.4 Å². The summed E-state index contributed by atoms with van der Waals surface area (Å²) in [7, 11) is 0. The Bertz CT molecular complexity index is 507. The lowest BCUT2D eigenvalue weighted by molar-refractivity contribution is -0.136. The summed E-state index contributed by atoms with van der Waals surface area (Å²) in [5, 5.41) is 12.0. The zero-order valence-electron chi connectivity index (χ0n) is 11.9. The van der Waals surface area contributed by atoms with E-state index in [4.69, 9.17) is 5.11 Å². The standard InChI is InChI=1S/C14H19N3O3S/c1-2-12-9-17(5-6-21-12)14(20)16-11-4-3-10(15-8-11)7-13(18)19/h3-4,8,12H,2,5-7,9H2,1H3,(H,16,20)(H,18,19). The SMILES string of the molecule is CCC1CN(C(=O)Nc2ccc(CC(=O)O)nc2)CCS1. The van der Waals surface area contributed by atoms with Crippen LogP contribution in [0.5, 0.6) is 0 Å². The number of hydrogen-bond donors (Lipinski definition) is 2. The van der Waals surface area contributed by atoms with E-state index in [-0.39, 0.29) is 12.5 Å². The van der Waals surface area contributed by atoms with Crippen LogP contribution < -0.4 is 5.32 Å². The lowest BCUT2D eigenvalue weighted by Gasteiger charge is -2.31. The molecule has 1 aliphatic rings. The van der Waals surface area contributed by atoms with Crippen LogP contribution in [0, 0.1) is 0 Å². The summed E-state index contributed by atoms with van der Waals surface area (Å²) in [6.07, 6.45) is 2.43. The molecule has 2 N–H and O–H groups in total. The van der Waals surface area contributed by atoms with Crippen LogP contribution in [0.2, 0.25) is 0 Å². The third-order valence-corrected chi connectivity index (χ3v) is 4.66. The first kappa shape index (κ1) is 15.6. The second kappa shape index (κ2) is 7.31. The van der Waals surface area contributed by atoms with Gasteiger partial charge in [0.05, 0.1) is 24.0 Å². The van der Waals surface area contributed by atoms with Crippen molar-refractivity contribution in [2.24, 2.45) is 0 Å². The van der Waals surface area contributed by atoms with Gasteiger partial charge in [-0.2, -0.15) is 11.8 Å². The van der Waals surface area contributed by atoms with E-state index in [1.54, 1.807) is 12.1 Å². The van der Waals surface area contributed by atoms with Crippen LogP contribution in [-0.2, 0) is 11.2 Å². The predicted octanol–water partition coefficient (Wildman–Crippen LogP) is 2.07. The molecule has 2 amide bonds. The molecule has 1 aromatic heterocycles.